The van der Waals surface area contributed by atoms with Crippen LogP contribution in [0.2, 0.25) is 5.02 Å². The smallest absolute Gasteiger partial charge is 0.335 e. The van der Waals surface area contributed by atoms with Gasteiger partial charge in [-0.2, -0.15) is 0 Å². The molecule has 1 heterocycles. The molecule has 2 aromatic carbocycles. The van der Waals surface area contributed by atoms with E-state index >= 15 is 0 Å². The molecule has 1 fully saturated rings. The summed E-state index contributed by atoms with van der Waals surface area (Å²) in [5.74, 6) is -1.26. The van der Waals surface area contributed by atoms with Crippen molar-refractivity contribution in [2.45, 2.75) is 6.54 Å². The Morgan fingerprint density at radius 1 is 1.20 bits per heavy atom. The number of amides is 1. The van der Waals surface area contributed by atoms with Gasteiger partial charge in [-0.1, -0.05) is 41.9 Å². The number of thiocarbonyl (C=S) groups is 1. The minimum atomic E-state index is -0.999. The Morgan fingerprint density at radius 2 is 1.88 bits per heavy atom. The predicted octanol–water partition coefficient (Wildman–Crippen LogP) is 3.30. The lowest BCUT2D eigenvalue weighted by atomic mass is 10.1. The number of nitrogens with one attached hydrogen (secondary N) is 1. The number of benzene rings is 2. The van der Waals surface area contributed by atoms with Crippen molar-refractivity contribution in [2.24, 2.45) is 0 Å². The molecule has 1 aliphatic rings. The van der Waals surface area contributed by atoms with E-state index in [1.54, 1.807) is 24.3 Å². The number of rotatable bonds is 4. The zero-order valence-corrected chi connectivity index (χ0v) is 14.5. The summed E-state index contributed by atoms with van der Waals surface area (Å²) in [4.78, 5) is 24.9. The van der Waals surface area contributed by atoms with E-state index in [2.05, 4.69) is 5.32 Å². The Labute approximate surface area is 154 Å². The lowest BCUT2D eigenvalue weighted by Crippen LogP contribution is -2.30. The van der Waals surface area contributed by atoms with E-state index < -0.39 is 5.97 Å². The van der Waals surface area contributed by atoms with Crippen molar-refractivity contribution in [1.82, 2.24) is 10.2 Å². The molecular weight excluding hydrogens is 360 g/mol. The van der Waals surface area contributed by atoms with Crippen molar-refractivity contribution < 1.29 is 14.7 Å². The van der Waals surface area contributed by atoms with E-state index in [0.29, 0.717) is 21.4 Å². The number of carbonyl (C=O) groups is 2. The fourth-order valence-corrected chi connectivity index (χ4v) is 2.85. The maximum absolute atomic E-state index is 12.6. The van der Waals surface area contributed by atoms with Crippen LogP contribution in [0.1, 0.15) is 21.5 Å². The summed E-state index contributed by atoms with van der Waals surface area (Å²) in [6.07, 6.45) is 1.63. The molecule has 2 N–H and O–H groups in total. The number of carboxylic acids is 1. The van der Waals surface area contributed by atoms with Gasteiger partial charge in [0.25, 0.3) is 5.91 Å². The number of carboxylic acid groups (broad SMARTS) is 1. The van der Waals surface area contributed by atoms with E-state index in [-0.39, 0.29) is 18.0 Å². The third-order valence-electron chi connectivity index (χ3n) is 3.72. The Morgan fingerprint density at radius 3 is 2.52 bits per heavy atom. The molecule has 7 heteroatoms. The highest BCUT2D eigenvalue weighted by molar-refractivity contribution is 7.80. The Kier molecular flexibility index (Phi) is 4.83. The van der Waals surface area contributed by atoms with Gasteiger partial charge in [-0.15, -0.1) is 0 Å². The number of carbonyl (C=O) groups excluding carboxylic acids is 1. The first-order chi connectivity index (χ1) is 12.0. The summed E-state index contributed by atoms with van der Waals surface area (Å²) in [7, 11) is 0. The molecule has 0 spiro atoms. The molecule has 2 aromatic rings. The molecule has 3 rings (SSSR count). The van der Waals surface area contributed by atoms with Crippen molar-refractivity contribution in [3.05, 3.63) is 75.9 Å². The molecule has 5 nitrogen and oxygen atoms in total. The molecule has 0 aromatic heterocycles. The summed E-state index contributed by atoms with van der Waals surface area (Å²) >= 11 is 11.4. The Hall–Kier alpha value is -2.70. The van der Waals surface area contributed by atoms with E-state index in [1.165, 1.54) is 17.0 Å². The molecular formula is C18H13ClN2O3S. The second-order valence-corrected chi connectivity index (χ2v) is 6.19. The van der Waals surface area contributed by atoms with Gasteiger partial charge in [0, 0.05) is 5.02 Å². The highest BCUT2D eigenvalue weighted by Gasteiger charge is 2.30. The largest absolute Gasteiger partial charge is 0.478 e. The van der Waals surface area contributed by atoms with Gasteiger partial charge in [-0.3, -0.25) is 9.69 Å². The standard InChI is InChI=1S/C18H13ClN2O3S/c19-14-4-2-1-3-13(14)10-21-16(22)15(20-18(21)25)9-11-5-7-12(8-6-11)17(23)24/h1-9H,10H2,(H,20,25)(H,23,24)/b15-9-. The number of nitrogens with zero attached hydrogens (tertiary/aromatic N) is 1. The summed E-state index contributed by atoms with van der Waals surface area (Å²) < 4.78 is 0. The van der Waals surface area contributed by atoms with E-state index in [0.717, 1.165) is 5.56 Å². The molecule has 0 aliphatic carbocycles. The van der Waals surface area contributed by atoms with Gasteiger partial charge in [0.15, 0.2) is 5.11 Å². The van der Waals surface area contributed by atoms with E-state index in [4.69, 9.17) is 28.9 Å². The van der Waals surface area contributed by atoms with Gasteiger partial charge < -0.3 is 10.4 Å². The summed E-state index contributed by atoms with van der Waals surface area (Å²) in [6, 6.07) is 13.5. The van der Waals surface area contributed by atoms with Gasteiger partial charge in [-0.25, -0.2) is 4.79 Å². The van der Waals surface area contributed by atoms with Crippen molar-refractivity contribution in [2.75, 3.05) is 0 Å². The van der Waals surface area contributed by atoms with Crippen LogP contribution in [0.15, 0.2) is 54.2 Å². The molecule has 0 atom stereocenters. The quantitative estimate of drug-likeness (QED) is 0.636. The van der Waals surface area contributed by atoms with Crippen LogP contribution in [-0.2, 0) is 11.3 Å². The predicted molar refractivity (Wildman–Crippen MR) is 99.1 cm³/mol. The first-order valence-electron chi connectivity index (χ1n) is 7.37. The van der Waals surface area contributed by atoms with Crippen LogP contribution in [0.25, 0.3) is 6.08 Å². The van der Waals surface area contributed by atoms with Crippen LogP contribution in [0.5, 0.6) is 0 Å². The maximum atomic E-state index is 12.6. The zero-order valence-electron chi connectivity index (χ0n) is 12.9. The van der Waals surface area contributed by atoms with E-state index in [9.17, 15) is 9.59 Å². The topological polar surface area (TPSA) is 69.6 Å². The zero-order chi connectivity index (χ0) is 18.0. The Balaban J connectivity index is 1.81. The van der Waals surface area contributed by atoms with Gasteiger partial charge in [-0.05, 0) is 47.6 Å². The van der Waals surface area contributed by atoms with Crippen molar-refractivity contribution in [1.29, 1.82) is 0 Å². The summed E-state index contributed by atoms with van der Waals surface area (Å²) in [5.41, 5.74) is 2.01. The van der Waals surface area contributed by atoms with Gasteiger partial charge in [0.2, 0.25) is 0 Å². The SMILES string of the molecule is O=C(O)c1ccc(/C=C2\NC(=S)N(Cc3ccccc3Cl)C2=O)cc1. The fraction of sp³-hybridized carbons (Fsp3) is 0.0556. The second-order valence-electron chi connectivity index (χ2n) is 5.40. The summed E-state index contributed by atoms with van der Waals surface area (Å²) in [6.45, 7) is 0.277. The van der Waals surface area contributed by atoms with Gasteiger partial charge in [0.05, 0.1) is 12.1 Å². The average Bonchev–Trinajstić information content (AvgIpc) is 2.85. The molecule has 1 amide bonds. The molecule has 0 bridgehead atoms. The monoisotopic (exact) mass is 372 g/mol. The minimum Gasteiger partial charge on any atom is -0.478 e. The van der Waals surface area contributed by atoms with Crippen molar-refractivity contribution in [3.63, 3.8) is 0 Å². The molecule has 126 valence electrons. The number of halogens is 1. The lowest BCUT2D eigenvalue weighted by molar-refractivity contribution is -0.122. The summed E-state index contributed by atoms with van der Waals surface area (Å²) in [5, 5.41) is 12.7. The first-order valence-corrected chi connectivity index (χ1v) is 8.15. The normalized spacial score (nSPS) is 15.6. The minimum absolute atomic E-state index is 0.184. The van der Waals surface area contributed by atoms with Gasteiger partial charge in [0.1, 0.15) is 5.70 Å². The highest BCUT2D eigenvalue weighted by Crippen LogP contribution is 2.21. The van der Waals surface area contributed by atoms with Crippen LogP contribution in [0.4, 0.5) is 0 Å². The third-order valence-corrected chi connectivity index (χ3v) is 4.41. The molecule has 0 unspecified atom stereocenters. The van der Waals surface area contributed by atoms with Crippen LogP contribution in [-0.4, -0.2) is 27.0 Å². The Bertz CT molecular complexity index is 893. The number of hydrogen-bond acceptors (Lipinski definition) is 3. The maximum Gasteiger partial charge on any atom is 0.335 e. The van der Waals surface area contributed by atoms with Crippen LogP contribution in [0.3, 0.4) is 0 Å². The second kappa shape index (κ2) is 7.04. The lowest BCUT2D eigenvalue weighted by Gasteiger charge is -2.14. The van der Waals surface area contributed by atoms with Crippen molar-refractivity contribution >= 4 is 46.9 Å². The average molecular weight is 373 g/mol. The first kappa shape index (κ1) is 17.1. The fourth-order valence-electron chi connectivity index (χ4n) is 2.40. The number of hydrogen-bond donors (Lipinski definition) is 2. The molecule has 0 radical (unpaired) electrons. The van der Waals surface area contributed by atoms with Gasteiger partial charge >= 0.3 is 5.97 Å². The third kappa shape index (κ3) is 3.70. The van der Waals surface area contributed by atoms with Crippen LogP contribution in [0, 0.1) is 0 Å². The molecule has 25 heavy (non-hydrogen) atoms. The van der Waals surface area contributed by atoms with Crippen LogP contribution < -0.4 is 5.32 Å². The van der Waals surface area contributed by atoms with Crippen molar-refractivity contribution in [3.8, 4) is 0 Å². The van der Waals surface area contributed by atoms with E-state index in [1.807, 2.05) is 18.2 Å². The highest BCUT2D eigenvalue weighted by atomic mass is 35.5. The molecule has 1 aliphatic heterocycles. The van der Waals surface area contributed by atoms with Crippen LogP contribution >= 0.6 is 23.8 Å². The molecule has 0 saturated carbocycles. The molecule has 1 saturated heterocycles. The number of aromatic carboxylic acids is 1.